The number of ether oxygens (including phenoxy) is 2. The summed E-state index contributed by atoms with van der Waals surface area (Å²) in [7, 11) is 1.56. The van der Waals surface area contributed by atoms with Crippen molar-refractivity contribution in [2.45, 2.75) is 39.8 Å². The summed E-state index contributed by atoms with van der Waals surface area (Å²) >= 11 is 0. The van der Waals surface area contributed by atoms with Crippen LogP contribution in [0.25, 0.3) is 16.8 Å². The lowest BCUT2D eigenvalue weighted by atomic mass is 10.00. The lowest BCUT2D eigenvalue weighted by Gasteiger charge is -2.31. The molecule has 0 spiro atoms. The molecule has 0 saturated carbocycles. The van der Waals surface area contributed by atoms with Gasteiger partial charge < -0.3 is 14.4 Å². The maximum Gasteiger partial charge on any atom is 0.336 e. The molecule has 5 heteroatoms. The van der Waals surface area contributed by atoms with Crippen LogP contribution in [0, 0.1) is 0 Å². The molecule has 0 aromatic heterocycles. The Kier molecular flexibility index (Phi) is 7.31. The van der Waals surface area contributed by atoms with Gasteiger partial charge in [0.05, 0.1) is 12.7 Å². The molecule has 166 valence electrons. The summed E-state index contributed by atoms with van der Waals surface area (Å²) in [6, 6.07) is 18.5. The molecule has 0 saturated heterocycles. The molecule has 32 heavy (non-hydrogen) atoms. The van der Waals surface area contributed by atoms with Crippen LogP contribution in [0.3, 0.4) is 0 Å². The molecule has 0 radical (unpaired) electrons. The Morgan fingerprint density at radius 2 is 1.53 bits per heavy atom. The fraction of sp³-hybridized carbons (Fsp3) is 0.259. The zero-order valence-electron chi connectivity index (χ0n) is 19.2. The van der Waals surface area contributed by atoms with Crippen molar-refractivity contribution in [3.63, 3.8) is 0 Å². The third-order valence-electron chi connectivity index (χ3n) is 5.17. The number of esters is 1. The van der Waals surface area contributed by atoms with E-state index < -0.39 is 5.97 Å². The van der Waals surface area contributed by atoms with E-state index in [-0.39, 0.29) is 23.7 Å². The first kappa shape index (κ1) is 23.1. The summed E-state index contributed by atoms with van der Waals surface area (Å²) in [4.78, 5) is 28.2. The topological polar surface area (TPSA) is 55.8 Å². The van der Waals surface area contributed by atoms with Crippen LogP contribution in [0.1, 0.15) is 43.6 Å². The number of carbonyl (C=O) groups excluding carboxylic acids is 2. The molecule has 0 unspecified atom stereocenters. The van der Waals surface area contributed by atoms with Crippen molar-refractivity contribution in [2.75, 3.05) is 7.11 Å². The summed E-state index contributed by atoms with van der Waals surface area (Å²) in [6.07, 6.45) is 3.04. The highest BCUT2D eigenvalue weighted by Crippen LogP contribution is 2.36. The molecular formula is C27H29NO4. The van der Waals surface area contributed by atoms with Crippen LogP contribution in [0.2, 0.25) is 0 Å². The smallest absolute Gasteiger partial charge is 0.336 e. The zero-order chi connectivity index (χ0) is 23.3. The average molecular weight is 432 g/mol. The molecule has 5 nitrogen and oxygen atoms in total. The van der Waals surface area contributed by atoms with Gasteiger partial charge in [-0.2, -0.15) is 0 Å². The molecule has 0 aliphatic carbocycles. The number of hydrogen-bond acceptors (Lipinski definition) is 4. The molecular weight excluding hydrogens is 402 g/mol. The molecule has 0 aliphatic heterocycles. The van der Waals surface area contributed by atoms with Crippen molar-refractivity contribution in [1.29, 1.82) is 0 Å². The van der Waals surface area contributed by atoms with Gasteiger partial charge >= 0.3 is 5.97 Å². The lowest BCUT2D eigenvalue weighted by Crippen LogP contribution is -2.42. The molecule has 0 aliphatic rings. The van der Waals surface area contributed by atoms with Crippen LogP contribution in [-0.2, 0) is 4.79 Å². The van der Waals surface area contributed by atoms with Gasteiger partial charge in [0, 0.05) is 23.5 Å². The van der Waals surface area contributed by atoms with Gasteiger partial charge in [0.25, 0.3) is 5.91 Å². The maximum atomic E-state index is 13.8. The van der Waals surface area contributed by atoms with E-state index in [1.54, 1.807) is 30.2 Å². The Morgan fingerprint density at radius 3 is 2.16 bits per heavy atom. The normalized spacial score (nSPS) is 11.3. The minimum atomic E-state index is -0.558. The second kappa shape index (κ2) is 10.1. The van der Waals surface area contributed by atoms with Crippen molar-refractivity contribution in [3.05, 3.63) is 77.9 Å². The minimum absolute atomic E-state index is 0.0333. The number of amides is 1. The van der Waals surface area contributed by atoms with Crippen LogP contribution in [0.5, 0.6) is 11.5 Å². The molecule has 3 aromatic carbocycles. The van der Waals surface area contributed by atoms with Crippen LogP contribution >= 0.6 is 0 Å². The average Bonchev–Trinajstić information content (AvgIpc) is 2.77. The minimum Gasteiger partial charge on any atom is -0.496 e. The first-order valence-electron chi connectivity index (χ1n) is 10.7. The first-order valence-corrected chi connectivity index (χ1v) is 10.7. The Morgan fingerprint density at radius 1 is 0.844 bits per heavy atom. The number of hydrogen-bond donors (Lipinski definition) is 0. The largest absolute Gasteiger partial charge is 0.496 e. The standard InChI is InChI=1S/C27H29NO4/c1-18(2)28(19(3)4)27(30)26-23(16-15-21-12-9-13-22(31-5)25(21)26)32-24(29)17-14-20-10-7-6-8-11-20/h6-19H,1-5H3/b17-14+. The Labute approximate surface area is 189 Å². The second-order valence-electron chi connectivity index (χ2n) is 8.06. The molecule has 3 aromatic rings. The summed E-state index contributed by atoms with van der Waals surface area (Å²) in [5, 5.41) is 1.46. The van der Waals surface area contributed by atoms with E-state index in [0.29, 0.717) is 16.7 Å². The number of benzene rings is 3. The van der Waals surface area contributed by atoms with Gasteiger partial charge in [-0.25, -0.2) is 4.79 Å². The SMILES string of the molecule is COc1cccc2ccc(OC(=O)/C=C/c3ccccc3)c(C(=O)N(C(C)C)C(C)C)c12. The summed E-state index contributed by atoms with van der Waals surface area (Å²) in [6.45, 7) is 7.87. The van der Waals surface area contributed by atoms with Crippen molar-refractivity contribution >= 4 is 28.7 Å². The van der Waals surface area contributed by atoms with Gasteiger partial charge in [-0.15, -0.1) is 0 Å². The van der Waals surface area contributed by atoms with Gasteiger partial charge in [-0.1, -0.05) is 48.5 Å². The van der Waals surface area contributed by atoms with E-state index in [1.165, 1.54) is 6.08 Å². The number of fused-ring (bicyclic) bond motifs is 1. The van der Waals surface area contributed by atoms with Crippen LogP contribution in [-0.4, -0.2) is 36.0 Å². The quantitative estimate of drug-likeness (QED) is 0.272. The molecule has 0 atom stereocenters. The van der Waals surface area contributed by atoms with E-state index in [4.69, 9.17) is 9.47 Å². The number of rotatable bonds is 7. The van der Waals surface area contributed by atoms with Crippen LogP contribution in [0.15, 0.2) is 66.7 Å². The predicted octanol–water partition coefficient (Wildman–Crippen LogP) is 5.73. The van der Waals surface area contributed by atoms with Crippen molar-refractivity contribution < 1.29 is 19.1 Å². The molecule has 3 rings (SSSR count). The summed E-state index contributed by atoms with van der Waals surface area (Å²) in [5.41, 5.74) is 1.20. The Balaban J connectivity index is 2.09. The molecule has 0 N–H and O–H groups in total. The fourth-order valence-electron chi connectivity index (χ4n) is 3.86. The number of carbonyl (C=O) groups is 2. The van der Waals surface area contributed by atoms with Crippen molar-refractivity contribution in [2.24, 2.45) is 0 Å². The van der Waals surface area contributed by atoms with E-state index in [1.807, 2.05) is 76.2 Å². The molecule has 1 amide bonds. The highest BCUT2D eigenvalue weighted by molar-refractivity contribution is 6.12. The third kappa shape index (κ3) is 4.99. The number of nitrogens with zero attached hydrogens (tertiary/aromatic N) is 1. The Bertz CT molecular complexity index is 1130. The van der Waals surface area contributed by atoms with E-state index in [2.05, 4.69) is 0 Å². The summed E-state index contributed by atoms with van der Waals surface area (Å²) < 4.78 is 11.2. The molecule has 0 heterocycles. The zero-order valence-corrected chi connectivity index (χ0v) is 19.2. The highest BCUT2D eigenvalue weighted by Gasteiger charge is 2.28. The third-order valence-corrected chi connectivity index (χ3v) is 5.17. The summed E-state index contributed by atoms with van der Waals surface area (Å²) in [5.74, 6) is -0.00483. The maximum absolute atomic E-state index is 13.8. The van der Waals surface area contributed by atoms with Crippen molar-refractivity contribution in [1.82, 2.24) is 4.90 Å². The molecule has 0 fully saturated rings. The van der Waals surface area contributed by atoms with Gasteiger partial charge in [-0.3, -0.25) is 4.79 Å². The van der Waals surface area contributed by atoms with Gasteiger partial charge in [-0.05, 0) is 56.9 Å². The first-order chi connectivity index (χ1) is 15.3. The van der Waals surface area contributed by atoms with Crippen molar-refractivity contribution in [3.8, 4) is 11.5 Å². The van der Waals surface area contributed by atoms with Gasteiger partial charge in [0.1, 0.15) is 11.5 Å². The number of methoxy groups -OCH3 is 1. The predicted molar refractivity (Wildman–Crippen MR) is 128 cm³/mol. The monoisotopic (exact) mass is 431 g/mol. The second-order valence-corrected chi connectivity index (χ2v) is 8.06. The lowest BCUT2D eigenvalue weighted by molar-refractivity contribution is -0.128. The fourth-order valence-corrected chi connectivity index (χ4v) is 3.86. The molecule has 0 bridgehead atoms. The highest BCUT2D eigenvalue weighted by atomic mass is 16.5. The van der Waals surface area contributed by atoms with E-state index in [0.717, 1.165) is 10.9 Å². The van der Waals surface area contributed by atoms with Gasteiger partial charge in [0.15, 0.2) is 0 Å². The van der Waals surface area contributed by atoms with E-state index >= 15 is 0 Å². The van der Waals surface area contributed by atoms with Crippen LogP contribution < -0.4 is 9.47 Å². The van der Waals surface area contributed by atoms with Crippen LogP contribution in [0.4, 0.5) is 0 Å². The van der Waals surface area contributed by atoms with E-state index in [9.17, 15) is 9.59 Å². The Hall–Kier alpha value is -3.60. The van der Waals surface area contributed by atoms with Gasteiger partial charge in [0.2, 0.25) is 0 Å².